The minimum absolute atomic E-state index is 0.0233. The van der Waals surface area contributed by atoms with E-state index in [1.165, 1.54) is 6.07 Å². The van der Waals surface area contributed by atoms with Gasteiger partial charge in [0.1, 0.15) is 5.82 Å². The molecule has 1 N–H and O–H groups in total. The first-order valence-electron chi connectivity index (χ1n) is 5.31. The maximum atomic E-state index is 13.5. The number of nitrogens with one attached hydrogen (secondary N) is 1. The van der Waals surface area contributed by atoms with Gasteiger partial charge in [-0.1, -0.05) is 0 Å². The summed E-state index contributed by atoms with van der Waals surface area (Å²) in [6.45, 7) is 1.83. The lowest BCUT2D eigenvalue weighted by Gasteiger charge is -2.10. The standard InChI is InChI=1S/C12H9BrF2IN3/c1-5-10(16)12(17-2)19-11(18-5)6-3-4-7(14)9(15)8(6)13/h3-4H,1-2H3,(H,17,18,19). The molecule has 0 amide bonds. The van der Waals surface area contributed by atoms with Gasteiger partial charge in [0.05, 0.1) is 13.7 Å². The maximum absolute atomic E-state index is 13.5. The van der Waals surface area contributed by atoms with E-state index >= 15 is 0 Å². The summed E-state index contributed by atoms with van der Waals surface area (Å²) in [6.07, 6.45) is 0. The second kappa shape index (κ2) is 5.66. The molecule has 1 heterocycles. The van der Waals surface area contributed by atoms with Gasteiger partial charge in [-0.2, -0.15) is 0 Å². The molecule has 0 atom stereocenters. The number of halogens is 4. The number of aromatic nitrogens is 2. The third-order valence-corrected chi connectivity index (χ3v) is 4.60. The Morgan fingerprint density at radius 2 is 1.95 bits per heavy atom. The molecule has 0 radical (unpaired) electrons. The van der Waals surface area contributed by atoms with Gasteiger partial charge in [-0.05, 0) is 57.6 Å². The molecule has 19 heavy (non-hydrogen) atoms. The number of hydrogen-bond donors (Lipinski definition) is 1. The fraction of sp³-hybridized carbons (Fsp3) is 0.167. The minimum atomic E-state index is -0.941. The van der Waals surface area contributed by atoms with Crippen LogP contribution >= 0.6 is 38.5 Å². The van der Waals surface area contributed by atoms with Gasteiger partial charge < -0.3 is 5.32 Å². The minimum Gasteiger partial charge on any atom is -0.372 e. The van der Waals surface area contributed by atoms with Crippen LogP contribution in [0.25, 0.3) is 11.4 Å². The van der Waals surface area contributed by atoms with Crippen molar-refractivity contribution in [2.75, 3.05) is 12.4 Å². The van der Waals surface area contributed by atoms with E-state index in [1.807, 2.05) is 6.92 Å². The number of anilines is 1. The summed E-state index contributed by atoms with van der Waals surface area (Å²) in [5, 5.41) is 2.95. The van der Waals surface area contributed by atoms with Gasteiger partial charge in [-0.15, -0.1) is 0 Å². The summed E-state index contributed by atoms with van der Waals surface area (Å²) < 4.78 is 27.6. The highest BCUT2D eigenvalue weighted by atomic mass is 127. The van der Waals surface area contributed by atoms with Gasteiger partial charge in [0.25, 0.3) is 0 Å². The van der Waals surface area contributed by atoms with Crippen LogP contribution in [0.5, 0.6) is 0 Å². The Balaban J connectivity index is 2.66. The Labute approximate surface area is 131 Å². The number of rotatable bonds is 2. The predicted molar refractivity (Wildman–Crippen MR) is 82.1 cm³/mol. The highest BCUT2D eigenvalue weighted by Gasteiger charge is 2.16. The van der Waals surface area contributed by atoms with Crippen LogP contribution in [0.15, 0.2) is 16.6 Å². The molecule has 0 spiro atoms. The molecule has 7 heteroatoms. The number of nitrogens with zero attached hydrogens (tertiary/aromatic N) is 2. The molecule has 100 valence electrons. The summed E-state index contributed by atoms with van der Waals surface area (Å²) in [4.78, 5) is 8.61. The molecular weight excluding hydrogens is 431 g/mol. The Morgan fingerprint density at radius 3 is 2.58 bits per heavy atom. The van der Waals surface area contributed by atoms with E-state index in [0.717, 1.165) is 15.3 Å². The van der Waals surface area contributed by atoms with Gasteiger partial charge in [0.2, 0.25) is 0 Å². The van der Waals surface area contributed by atoms with Crippen LogP contribution in [0.1, 0.15) is 5.69 Å². The van der Waals surface area contributed by atoms with E-state index in [4.69, 9.17) is 0 Å². The summed E-state index contributed by atoms with van der Waals surface area (Å²) in [6, 6.07) is 2.51. The summed E-state index contributed by atoms with van der Waals surface area (Å²) in [5.41, 5.74) is 1.18. The van der Waals surface area contributed by atoms with Crippen molar-refractivity contribution in [1.82, 2.24) is 9.97 Å². The van der Waals surface area contributed by atoms with Gasteiger partial charge in [0, 0.05) is 12.6 Å². The Bertz CT molecular complexity index is 649. The van der Waals surface area contributed by atoms with Crippen LogP contribution in [-0.2, 0) is 0 Å². The van der Waals surface area contributed by atoms with Gasteiger partial charge >= 0.3 is 0 Å². The molecule has 0 fully saturated rings. The van der Waals surface area contributed by atoms with E-state index in [9.17, 15) is 8.78 Å². The monoisotopic (exact) mass is 439 g/mol. The quantitative estimate of drug-likeness (QED) is 0.564. The Morgan fingerprint density at radius 1 is 1.26 bits per heavy atom. The van der Waals surface area contributed by atoms with Crippen LogP contribution in [0.2, 0.25) is 0 Å². The van der Waals surface area contributed by atoms with Crippen molar-refractivity contribution in [2.45, 2.75) is 6.92 Å². The number of hydrogen-bond acceptors (Lipinski definition) is 3. The van der Waals surface area contributed by atoms with Crippen LogP contribution < -0.4 is 5.32 Å². The molecule has 0 aliphatic carbocycles. The van der Waals surface area contributed by atoms with Crippen molar-refractivity contribution < 1.29 is 8.78 Å². The molecule has 0 unspecified atom stereocenters. The zero-order valence-electron chi connectivity index (χ0n) is 10.1. The van der Waals surface area contributed by atoms with E-state index in [-0.39, 0.29) is 4.47 Å². The van der Waals surface area contributed by atoms with Crippen molar-refractivity contribution in [3.05, 3.63) is 37.5 Å². The fourth-order valence-electron chi connectivity index (χ4n) is 1.54. The van der Waals surface area contributed by atoms with Crippen LogP contribution in [0.4, 0.5) is 14.6 Å². The summed E-state index contributed by atoms with van der Waals surface area (Å²) >= 11 is 5.17. The van der Waals surface area contributed by atoms with Crippen LogP contribution in [0, 0.1) is 22.1 Å². The predicted octanol–water partition coefficient (Wildman–Crippen LogP) is 4.14. The summed E-state index contributed by atoms with van der Waals surface area (Å²) in [7, 11) is 1.74. The van der Waals surface area contributed by atoms with Gasteiger partial charge in [-0.25, -0.2) is 18.7 Å². The molecule has 0 bridgehead atoms. The second-order valence-corrected chi connectivity index (χ2v) is 5.64. The van der Waals surface area contributed by atoms with E-state index in [0.29, 0.717) is 17.2 Å². The maximum Gasteiger partial charge on any atom is 0.173 e. The molecule has 0 aliphatic heterocycles. The van der Waals surface area contributed by atoms with Gasteiger partial charge in [-0.3, -0.25) is 0 Å². The zero-order chi connectivity index (χ0) is 14.2. The third kappa shape index (κ3) is 2.71. The first-order valence-corrected chi connectivity index (χ1v) is 7.18. The molecule has 0 saturated heterocycles. The van der Waals surface area contributed by atoms with Crippen molar-refractivity contribution in [3.8, 4) is 11.4 Å². The average Bonchev–Trinajstić information content (AvgIpc) is 2.39. The van der Waals surface area contributed by atoms with Crippen LogP contribution in [0.3, 0.4) is 0 Å². The molecule has 3 nitrogen and oxygen atoms in total. The zero-order valence-corrected chi connectivity index (χ0v) is 13.8. The lowest BCUT2D eigenvalue weighted by molar-refractivity contribution is 0.504. The van der Waals surface area contributed by atoms with Crippen molar-refractivity contribution in [2.24, 2.45) is 0 Å². The van der Waals surface area contributed by atoms with Crippen molar-refractivity contribution in [1.29, 1.82) is 0 Å². The fourth-order valence-corrected chi connectivity index (χ4v) is 2.55. The van der Waals surface area contributed by atoms with Crippen molar-refractivity contribution in [3.63, 3.8) is 0 Å². The SMILES string of the molecule is CNc1nc(-c2ccc(F)c(F)c2Br)nc(C)c1I. The molecule has 0 saturated carbocycles. The highest BCUT2D eigenvalue weighted by molar-refractivity contribution is 14.1. The smallest absolute Gasteiger partial charge is 0.173 e. The Hall–Kier alpha value is -0.830. The van der Waals surface area contributed by atoms with E-state index in [1.54, 1.807) is 7.05 Å². The van der Waals surface area contributed by atoms with E-state index < -0.39 is 11.6 Å². The lowest BCUT2D eigenvalue weighted by atomic mass is 10.2. The largest absolute Gasteiger partial charge is 0.372 e. The summed E-state index contributed by atoms with van der Waals surface area (Å²) in [5.74, 6) is -0.859. The third-order valence-electron chi connectivity index (χ3n) is 2.53. The molecule has 2 rings (SSSR count). The molecule has 2 aromatic rings. The first kappa shape index (κ1) is 14.6. The van der Waals surface area contributed by atoms with Crippen molar-refractivity contribution >= 4 is 44.3 Å². The first-order chi connectivity index (χ1) is 8.95. The van der Waals surface area contributed by atoms with Gasteiger partial charge in [0.15, 0.2) is 17.5 Å². The normalized spacial score (nSPS) is 10.6. The van der Waals surface area contributed by atoms with E-state index in [2.05, 4.69) is 53.8 Å². The average molecular weight is 440 g/mol. The lowest BCUT2D eigenvalue weighted by Crippen LogP contribution is -2.03. The second-order valence-electron chi connectivity index (χ2n) is 3.77. The number of benzene rings is 1. The molecule has 1 aromatic carbocycles. The topological polar surface area (TPSA) is 37.8 Å². The van der Waals surface area contributed by atoms with Crippen LogP contribution in [-0.4, -0.2) is 17.0 Å². The number of aryl methyl sites for hydroxylation is 1. The molecule has 0 aliphatic rings. The Kier molecular flexibility index (Phi) is 4.34. The molecule has 1 aromatic heterocycles. The highest BCUT2D eigenvalue weighted by Crippen LogP contribution is 2.31. The molecular formula is C12H9BrF2IN3.